The Morgan fingerprint density at radius 3 is 2.95 bits per heavy atom. The molecule has 0 radical (unpaired) electrons. The van der Waals surface area contributed by atoms with E-state index < -0.39 is 6.04 Å². The molecule has 0 bridgehead atoms. The van der Waals surface area contributed by atoms with Crippen molar-refractivity contribution in [3.8, 4) is 0 Å². The lowest BCUT2D eigenvalue weighted by Crippen LogP contribution is -2.56. The molecular formula is C14H19ClN4O2. The van der Waals surface area contributed by atoms with E-state index in [1.807, 2.05) is 13.8 Å². The lowest BCUT2D eigenvalue weighted by Gasteiger charge is -2.34. The summed E-state index contributed by atoms with van der Waals surface area (Å²) < 4.78 is 0. The van der Waals surface area contributed by atoms with Crippen molar-refractivity contribution in [1.82, 2.24) is 15.2 Å². The zero-order valence-corrected chi connectivity index (χ0v) is 12.9. The van der Waals surface area contributed by atoms with Crippen molar-refractivity contribution in [1.29, 1.82) is 0 Å². The van der Waals surface area contributed by atoms with Crippen LogP contribution in [0.5, 0.6) is 0 Å². The molecule has 21 heavy (non-hydrogen) atoms. The maximum absolute atomic E-state index is 12.7. The molecule has 1 saturated heterocycles. The van der Waals surface area contributed by atoms with Gasteiger partial charge in [-0.25, -0.2) is 4.98 Å². The van der Waals surface area contributed by atoms with Crippen molar-refractivity contribution in [3.63, 3.8) is 0 Å². The van der Waals surface area contributed by atoms with Gasteiger partial charge in [-0.15, -0.1) is 0 Å². The van der Waals surface area contributed by atoms with Gasteiger partial charge in [0.15, 0.2) is 0 Å². The Kier molecular flexibility index (Phi) is 5.01. The van der Waals surface area contributed by atoms with Gasteiger partial charge in [0, 0.05) is 25.2 Å². The van der Waals surface area contributed by atoms with Crippen LogP contribution in [-0.4, -0.2) is 47.4 Å². The summed E-state index contributed by atoms with van der Waals surface area (Å²) in [5, 5.41) is 6.07. The van der Waals surface area contributed by atoms with Crippen molar-refractivity contribution in [3.05, 3.63) is 22.8 Å². The molecule has 2 rings (SSSR count). The summed E-state index contributed by atoms with van der Waals surface area (Å²) in [6.45, 7) is 5.48. The third-order valence-electron chi connectivity index (χ3n) is 3.38. The van der Waals surface area contributed by atoms with Gasteiger partial charge in [0.25, 0.3) is 5.91 Å². The number of piperazine rings is 1. The third-order valence-corrected chi connectivity index (χ3v) is 3.57. The average molecular weight is 311 g/mol. The molecule has 2 N–H and O–H groups in total. The number of amides is 2. The van der Waals surface area contributed by atoms with Crippen molar-refractivity contribution < 1.29 is 9.59 Å². The fourth-order valence-corrected chi connectivity index (χ4v) is 2.63. The molecule has 0 aliphatic carbocycles. The van der Waals surface area contributed by atoms with E-state index in [0.717, 1.165) is 0 Å². The molecule has 1 aromatic rings. The fourth-order valence-electron chi connectivity index (χ4n) is 2.42. The SMILES string of the molecule is CCNc1cc(C(=O)N2CCNC(=O)C2CC)cc(Cl)n1. The lowest BCUT2D eigenvalue weighted by molar-refractivity contribution is -0.127. The van der Waals surface area contributed by atoms with Crippen molar-refractivity contribution >= 4 is 29.2 Å². The Labute approximate surface area is 128 Å². The van der Waals surface area contributed by atoms with Crippen LogP contribution in [0.1, 0.15) is 30.6 Å². The zero-order valence-electron chi connectivity index (χ0n) is 12.1. The van der Waals surface area contributed by atoms with Gasteiger partial charge in [-0.2, -0.15) is 0 Å². The number of anilines is 1. The summed E-state index contributed by atoms with van der Waals surface area (Å²) in [5.41, 5.74) is 0.444. The number of halogens is 1. The van der Waals surface area contributed by atoms with Crippen molar-refractivity contribution in [2.75, 3.05) is 25.0 Å². The molecule has 7 heteroatoms. The van der Waals surface area contributed by atoms with Gasteiger partial charge in [0.05, 0.1) is 0 Å². The molecule has 1 unspecified atom stereocenters. The third kappa shape index (κ3) is 3.44. The van der Waals surface area contributed by atoms with E-state index in [4.69, 9.17) is 11.6 Å². The van der Waals surface area contributed by atoms with Gasteiger partial charge in [-0.1, -0.05) is 18.5 Å². The Bertz CT molecular complexity index is 550. The smallest absolute Gasteiger partial charge is 0.254 e. The molecular weight excluding hydrogens is 292 g/mol. The number of nitrogens with zero attached hydrogens (tertiary/aromatic N) is 2. The number of hydrogen-bond acceptors (Lipinski definition) is 4. The van der Waals surface area contributed by atoms with Crippen LogP contribution in [0.2, 0.25) is 5.15 Å². The van der Waals surface area contributed by atoms with E-state index in [9.17, 15) is 9.59 Å². The molecule has 114 valence electrons. The monoisotopic (exact) mass is 310 g/mol. The number of rotatable bonds is 4. The van der Waals surface area contributed by atoms with Gasteiger partial charge >= 0.3 is 0 Å². The van der Waals surface area contributed by atoms with Crippen molar-refractivity contribution in [2.45, 2.75) is 26.3 Å². The van der Waals surface area contributed by atoms with Crippen LogP contribution in [0, 0.1) is 0 Å². The highest BCUT2D eigenvalue weighted by molar-refractivity contribution is 6.30. The number of nitrogens with one attached hydrogen (secondary N) is 2. The highest BCUT2D eigenvalue weighted by atomic mass is 35.5. The molecule has 1 fully saturated rings. The van der Waals surface area contributed by atoms with Gasteiger partial charge in [0.2, 0.25) is 5.91 Å². The topological polar surface area (TPSA) is 74.3 Å². The molecule has 0 saturated carbocycles. The predicted octanol–water partition coefficient (Wildman–Crippen LogP) is 1.52. The molecule has 1 atom stereocenters. The van der Waals surface area contributed by atoms with Gasteiger partial charge in [0.1, 0.15) is 17.0 Å². The summed E-state index contributed by atoms with van der Waals surface area (Å²) in [7, 11) is 0. The minimum Gasteiger partial charge on any atom is -0.370 e. The van der Waals surface area contributed by atoms with Crippen LogP contribution in [0.3, 0.4) is 0 Å². The predicted molar refractivity (Wildman–Crippen MR) is 81.5 cm³/mol. The fraction of sp³-hybridized carbons (Fsp3) is 0.500. The summed E-state index contributed by atoms with van der Waals surface area (Å²) in [4.78, 5) is 30.2. The van der Waals surface area contributed by atoms with Crippen LogP contribution in [0.15, 0.2) is 12.1 Å². The second-order valence-corrected chi connectivity index (χ2v) is 5.19. The molecule has 1 aliphatic heterocycles. The first-order chi connectivity index (χ1) is 10.1. The van der Waals surface area contributed by atoms with E-state index in [1.165, 1.54) is 6.07 Å². The highest BCUT2D eigenvalue weighted by Crippen LogP contribution is 2.19. The molecule has 0 aromatic carbocycles. The maximum atomic E-state index is 12.7. The minimum absolute atomic E-state index is 0.107. The van der Waals surface area contributed by atoms with Crippen LogP contribution in [0.25, 0.3) is 0 Å². The number of carbonyl (C=O) groups is 2. The maximum Gasteiger partial charge on any atom is 0.254 e. The van der Waals surface area contributed by atoms with E-state index in [2.05, 4.69) is 15.6 Å². The zero-order chi connectivity index (χ0) is 15.4. The Balaban J connectivity index is 2.28. The van der Waals surface area contributed by atoms with Crippen LogP contribution in [0.4, 0.5) is 5.82 Å². The Morgan fingerprint density at radius 2 is 2.29 bits per heavy atom. The van der Waals surface area contributed by atoms with E-state index >= 15 is 0 Å². The highest BCUT2D eigenvalue weighted by Gasteiger charge is 2.32. The minimum atomic E-state index is -0.430. The Morgan fingerprint density at radius 1 is 1.52 bits per heavy atom. The van der Waals surface area contributed by atoms with E-state index in [0.29, 0.717) is 37.4 Å². The number of aromatic nitrogens is 1. The number of pyridine rings is 1. The summed E-state index contributed by atoms with van der Waals surface area (Å²) in [5.74, 6) is 0.257. The molecule has 1 aromatic heterocycles. The van der Waals surface area contributed by atoms with E-state index in [-0.39, 0.29) is 17.0 Å². The largest absolute Gasteiger partial charge is 0.370 e. The van der Waals surface area contributed by atoms with Gasteiger partial charge < -0.3 is 15.5 Å². The Hall–Kier alpha value is -1.82. The summed E-state index contributed by atoms with van der Waals surface area (Å²) in [6, 6.07) is 2.77. The molecule has 2 amide bonds. The summed E-state index contributed by atoms with van der Waals surface area (Å²) in [6.07, 6.45) is 0.580. The first kappa shape index (κ1) is 15.6. The lowest BCUT2D eigenvalue weighted by atomic mass is 10.1. The first-order valence-electron chi connectivity index (χ1n) is 7.07. The standard InChI is InChI=1S/C14H19ClN4O2/c1-3-10-13(20)17-5-6-19(10)14(21)9-7-11(15)18-12(8-9)16-4-2/h7-8,10H,3-6H2,1-2H3,(H,16,18)(H,17,20). The molecule has 6 nitrogen and oxygen atoms in total. The van der Waals surface area contributed by atoms with Crippen molar-refractivity contribution in [2.24, 2.45) is 0 Å². The molecule has 2 heterocycles. The van der Waals surface area contributed by atoms with Crippen LogP contribution in [-0.2, 0) is 4.79 Å². The van der Waals surface area contributed by atoms with Crippen LogP contribution >= 0.6 is 11.6 Å². The van der Waals surface area contributed by atoms with Crippen LogP contribution < -0.4 is 10.6 Å². The number of carbonyl (C=O) groups excluding carboxylic acids is 2. The normalized spacial score (nSPS) is 18.3. The van der Waals surface area contributed by atoms with Gasteiger partial charge in [-0.3, -0.25) is 9.59 Å². The first-order valence-corrected chi connectivity index (χ1v) is 7.44. The summed E-state index contributed by atoms with van der Waals surface area (Å²) >= 11 is 5.97. The second-order valence-electron chi connectivity index (χ2n) is 4.81. The quantitative estimate of drug-likeness (QED) is 0.827. The number of hydrogen-bond donors (Lipinski definition) is 2. The molecule has 0 spiro atoms. The second kappa shape index (κ2) is 6.76. The van der Waals surface area contributed by atoms with E-state index in [1.54, 1.807) is 11.0 Å². The molecule has 1 aliphatic rings. The average Bonchev–Trinajstić information content (AvgIpc) is 2.46. The van der Waals surface area contributed by atoms with Gasteiger partial charge in [-0.05, 0) is 25.5 Å².